The first-order valence-corrected chi connectivity index (χ1v) is 17.0. The molecule has 0 radical (unpaired) electrons. The van der Waals surface area contributed by atoms with Crippen LogP contribution >= 0.6 is 0 Å². The maximum absolute atomic E-state index is 14.4. The van der Waals surface area contributed by atoms with E-state index in [1.54, 1.807) is 39.2 Å². The maximum Gasteiger partial charge on any atom is 0.412 e. The van der Waals surface area contributed by atoms with E-state index < -0.39 is 88.1 Å². The third-order valence-corrected chi connectivity index (χ3v) is 9.60. The van der Waals surface area contributed by atoms with Gasteiger partial charge in [-0.1, -0.05) is 20.8 Å². The molecule has 4 rings (SSSR count). The summed E-state index contributed by atoms with van der Waals surface area (Å²) in [4.78, 5) is 70.2. The highest BCUT2D eigenvalue weighted by Crippen LogP contribution is 2.53. The first-order chi connectivity index (χ1) is 24.7. The fourth-order valence-electron chi connectivity index (χ4n) is 7.41. The predicted molar refractivity (Wildman–Crippen MR) is 188 cm³/mol. The van der Waals surface area contributed by atoms with Gasteiger partial charge in [0.15, 0.2) is 11.4 Å². The summed E-state index contributed by atoms with van der Waals surface area (Å²) in [6.45, 7) is 4.82. The Balaban J connectivity index is 1.73. The molecule has 0 aromatic heterocycles. The highest BCUT2D eigenvalue weighted by atomic mass is 16.7. The zero-order valence-corrected chi connectivity index (χ0v) is 31.3. The van der Waals surface area contributed by atoms with E-state index in [9.17, 15) is 44.4 Å². The van der Waals surface area contributed by atoms with Gasteiger partial charge in [0.1, 0.15) is 29.4 Å². The SMILES string of the molecule is COCCOCC(=O)OCOC(=O)N(Cc1cc(N(C)C)c2c(c1O)C(=O)C1=C(O)[C@]3(O)C(=O)C(C(N)=O)=C(O)[C@@H](N(C)C)[C@@H]3C[C@@H]1C2)CC(C)(C)C. The molecule has 0 unspecified atom stereocenters. The molecule has 6 N–H and O–H groups in total. The summed E-state index contributed by atoms with van der Waals surface area (Å²) >= 11 is 0. The van der Waals surface area contributed by atoms with Crippen molar-refractivity contribution in [3.63, 3.8) is 0 Å². The van der Waals surface area contributed by atoms with Crippen LogP contribution in [-0.4, -0.2) is 140 Å². The van der Waals surface area contributed by atoms with Crippen LogP contribution in [0.15, 0.2) is 28.7 Å². The van der Waals surface area contributed by atoms with Crippen LogP contribution < -0.4 is 10.6 Å². The number of aliphatic hydroxyl groups excluding tert-OH is 2. The highest BCUT2D eigenvalue weighted by molar-refractivity contribution is 6.25. The number of nitrogens with zero attached hydrogens (tertiary/aromatic N) is 3. The van der Waals surface area contributed by atoms with Crippen molar-refractivity contribution in [1.29, 1.82) is 0 Å². The number of ketones is 2. The van der Waals surface area contributed by atoms with E-state index in [1.165, 1.54) is 16.9 Å². The fraction of sp³-hybridized carbons (Fsp3) is 0.583. The molecular formula is C36H50N4O13. The summed E-state index contributed by atoms with van der Waals surface area (Å²) in [6, 6.07) is 0.520. The fourth-order valence-corrected chi connectivity index (χ4v) is 7.41. The van der Waals surface area contributed by atoms with Gasteiger partial charge in [-0.05, 0) is 49.9 Å². The Hall–Kier alpha value is -4.71. The molecule has 0 saturated heterocycles. The predicted octanol–water partition coefficient (Wildman–Crippen LogP) is 1.34. The van der Waals surface area contributed by atoms with Crippen LogP contribution in [0, 0.1) is 17.3 Å². The Kier molecular flexibility index (Phi) is 12.2. The van der Waals surface area contributed by atoms with Gasteiger partial charge in [-0.2, -0.15) is 0 Å². The van der Waals surface area contributed by atoms with E-state index in [0.29, 0.717) is 11.3 Å². The van der Waals surface area contributed by atoms with Crippen molar-refractivity contribution >= 4 is 35.2 Å². The third kappa shape index (κ3) is 7.97. The van der Waals surface area contributed by atoms with Crippen LogP contribution in [0.2, 0.25) is 0 Å². The molecule has 0 bridgehead atoms. The largest absolute Gasteiger partial charge is 0.510 e. The number of ether oxygens (including phenoxy) is 4. The molecule has 0 heterocycles. The highest BCUT2D eigenvalue weighted by Gasteiger charge is 2.63. The van der Waals surface area contributed by atoms with Crippen molar-refractivity contribution < 1.29 is 63.3 Å². The van der Waals surface area contributed by atoms with Crippen molar-refractivity contribution in [3.8, 4) is 5.75 Å². The average molecular weight is 747 g/mol. The molecule has 2 amide bonds. The number of carbonyl (C=O) groups excluding carboxylic acids is 5. The van der Waals surface area contributed by atoms with Gasteiger partial charge in [0.05, 0.1) is 31.4 Å². The standard InChI is InChI=1S/C36H50N4O13/c1-35(2,3)16-40(34(48)53-17-52-23(41)15-51-10-9-50-8)14-19-13-22(38(4)5)20-11-18-12-21-27(39(6)7)30(44)26(33(37)47)32(46)36(21,49)31(45)24(18)29(43)25(20)28(19)42/h13,18,21,27,42,44-45,49H,9-12,14-17H2,1-8H3,(H2,37,47)/t18-,21-,27-,36-/m0/s1. The Bertz CT molecular complexity index is 1730. The monoisotopic (exact) mass is 746 g/mol. The van der Waals surface area contributed by atoms with E-state index in [1.807, 2.05) is 20.8 Å². The van der Waals surface area contributed by atoms with Gasteiger partial charge in [0, 0.05) is 50.5 Å². The Morgan fingerprint density at radius 2 is 1.70 bits per heavy atom. The van der Waals surface area contributed by atoms with Crippen LogP contribution in [0.25, 0.3) is 0 Å². The first kappa shape index (κ1) is 41.1. The Labute approximate surface area is 307 Å². The lowest BCUT2D eigenvalue weighted by Gasteiger charge is -2.50. The first-order valence-electron chi connectivity index (χ1n) is 17.0. The lowest BCUT2D eigenvalue weighted by molar-refractivity contribution is -0.158. The quantitative estimate of drug-likeness (QED) is 0.0828. The molecule has 0 aliphatic heterocycles. The number of hydrogen-bond donors (Lipinski definition) is 5. The van der Waals surface area contributed by atoms with Crippen LogP contribution in [-0.2, 0) is 46.3 Å². The number of rotatable bonds is 13. The second-order valence-corrected chi connectivity index (χ2v) is 15.1. The Morgan fingerprint density at radius 3 is 2.26 bits per heavy atom. The molecule has 0 spiro atoms. The summed E-state index contributed by atoms with van der Waals surface area (Å²) in [6.07, 6.45) is -0.850. The van der Waals surface area contributed by atoms with Gasteiger partial charge in [-0.3, -0.25) is 19.3 Å². The van der Waals surface area contributed by atoms with E-state index >= 15 is 0 Å². The number of nitrogens with two attached hydrogens (primary N) is 1. The lowest BCUT2D eigenvalue weighted by Crippen LogP contribution is -2.63. The maximum atomic E-state index is 14.4. The topological polar surface area (TPSA) is 239 Å². The number of fused-ring (bicyclic) bond motifs is 3. The molecule has 1 aromatic rings. The number of amides is 2. The molecule has 4 atom stereocenters. The number of likely N-dealkylation sites (N-methyl/N-ethyl adjacent to an activating group) is 1. The number of Topliss-reactive ketones (excluding diaryl/α,β-unsaturated/α-hetero) is 2. The third-order valence-electron chi connectivity index (χ3n) is 9.60. The molecule has 0 fully saturated rings. The number of benzene rings is 1. The lowest BCUT2D eigenvalue weighted by atomic mass is 9.58. The Morgan fingerprint density at radius 1 is 1.04 bits per heavy atom. The number of esters is 1. The van der Waals surface area contributed by atoms with Crippen molar-refractivity contribution in [3.05, 3.63) is 45.4 Å². The number of methoxy groups -OCH3 is 1. The molecule has 3 aliphatic rings. The van der Waals surface area contributed by atoms with Crippen LogP contribution in [0.4, 0.5) is 10.5 Å². The molecular weight excluding hydrogens is 696 g/mol. The minimum absolute atomic E-state index is 0.0593. The molecule has 0 saturated carbocycles. The van der Waals surface area contributed by atoms with Crippen LogP contribution in [0.1, 0.15) is 48.7 Å². The van der Waals surface area contributed by atoms with Crippen LogP contribution in [0.3, 0.4) is 0 Å². The van der Waals surface area contributed by atoms with Gasteiger partial charge >= 0.3 is 12.1 Å². The summed E-state index contributed by atoms with van der Waals surface area (Å²) < 4.78 is 20.1. The number of carbonyl (C=O) groups is 5. The van der Waals surface area contributed by atoms with Crippen molar-refractivity contribution in [2.45, 2.75) is 51.8 Å². The second-order valence-electron chi connectivity index (χ2n) is 15.1. The molecule has 3 aliphatic carbocycles. The molecule has 17 nitrogen and oxygen atoms in total. The van der Waals surface area contributed by atoms with E-state index in [2.05, 4.69) is 0 Å². The molecule has 1 aromatic carbocycles. The average Bonchev–Trinajstić information content (AvgIpc) is 3.04. The number of aromatic hydroxyl groups is 1. The zero-order chi connectivity index (χ0) is 39.7. The molecule has 17 heteroatoms. The van der Waals surface area contributed by atoms with E-state index in [0.717, 1.165) is 0 Å². The van der Waals surface area contributed by atoms with Crippen molar-refractivity contribution in [1.82, 2.24) is 9.80 Å². The minimum atomic E-state index is -2.78. The van der Waals surface area contributed by atoms with Crippen molar-refractivity contribution in [2.24, 2.45) is 23.0 Å². The summed E-state index contributed by atoms with van der Waals surface area (Å²) in [5.74, 6) is -8.32. The zero-order valence-electron chi connectivity index (χ0n) is 31.3. The smallest absolute Gasteiger partial charge is 0.412 e. The number of phenolic OH excluding ortho intramolecular Hbond substituents is 1. The van der Waals surface area contributed by atoms with Gasteiger partial charge in [0.2, 0.25) is 12.6 Å². The van der Waals surface area contributed by atoms with Gasteiger partial charge in [0.25, 0.3) is 5.91 Å². The summed E-state index contributed by atoms with van der Waals surface area (Å²) in [7, 11) is 8.06. The number of phenols is 1. The van der Waals surface area contributed by atoms with Crippen molar-refractivity contribution in [2.75, 3.05) is 73.4 Å². The van der Waals surface area contributed by atoms with E-state index in [4.69, 9.17) is 24.7 Å². The minimum Gasteiger partial charge on any atom is -0.510 e. The summed E-state index contributed by atoms with van der Waals surface area (Å²) in [5, 5.41) is 46.4. The van der Waals surface area contributed by atoms with Gasteiger partial charge < -0.3 is 54.9 Å². The van der Waals surface area contributed by atoms with Gasteiger partial charge in [-0.25, -0.2) is 9.59 Å². The van der Waals surface area contributed by atoms with Crippen LogP contribution in [0.5, 0.6) is 5.75 Å². The molecule has 292 valence electrons. The number of aliphatic hydroxyl groups is 3. The number of anilines is 1. The summed E-state index contributed by atoms with van der Waals surface area (Å²) in [5.41, 5.74) is 1.87. The van der Waals surface area contributed by atoms with Gasteiger partial charge in [-0.15, -0.1) is 0 Å². The second kappa shape index (κ2) is 15.7. The van der Waals surface area contributed by atoms with E-state index in [-0.39, 0.29) is 62.5 Å². The number of hydrogen-bond acceptors (Lipinski definition) is 15. The normalized spacial score (nSPS) is 22.6. The molecule has 53 heavy (non-hydrogen) atoms. The number of primary amides is 1. The number of allylic oxidation sites excluding steroid dienone is 1.